The minimum atomic E-state index is -0.624. The molecular weight excluding hydrogens is 328 g/mol. The SMILES string of the molecule is CCCC(NC(=O)c1cccc(C)c1)C(=O)Nc1nc2ccccc2[nH]1. The lowest BCUT2D eigenvalue weighted by Gasteiger charge is -2.17. The van der Waals surface area contributed by atoms with Crippen LogP contribution in [-0.2, 0) is 4.79 Å². The molecule has 0 saturated heterocycles. The number of imidazole rings is 1. The van der Waals surface area contributed by atoms with Crippen LogP contribution < -0.4 is 10.6 Å². The number of hydrogen-bond acceptors (Lipinski definition) is 3. The first-order chi connectivity index (χ1) is 12.6. The van der Waals surface area contributed by atoms with Crippen molar-refractivity contribution >= 4 is 28.8 Å². The van der Waals surface area contributed by atoms with Gasteiger partial charge in [-0.2, -0.15) is 0 Å². The summed E-state index contributed by atoms with van der Waals surface area (Å²) in [7, 11) is 0. The maximum absolute atomic E-state index is 12.6. The molecule has 0 spiro atoms. The molecule has 0 aliphatic carbocycles. The molecule has 0 bridgehead atoms. The topological polar surface area (TPSA) is 86.9 Å². The zero-order chi connectivity index (χ0) is 18.5. The molecule has 1 aromatic heterocycles. The summed E-state index contributed by atoms with van der Waals surface area (Å²) in [5.41, 5.74) is 3.16. The number of benzene rings is 2. The van der Waals surface area contributed by atoms with Crippen molar-refractivity contribution in [3.63, 3.8) is 0 Å². The zero-order valence-corrected chi connectivity index (χ0v) is 14.9. The number of nitrogens with zero attached hydrogens (tertiary/aromatic N) is 1. The molecule has 134 valence electrons. The molecule has 3 aromatic rings. The summed E-state index contributed by atoms with van der Waals surface area (Å²) in [6.07, 6.45) is 1.32. The van der Waals surface area contributed by atoms with E-state index < -0.39 is 6.04 Å². The Kier molecular flexibility index (Phi) is 5.31. The Morgan fingerprint density at radius 1 is 1.15 bits per heavy atom. The number of aromatic amines is 1. The second-order valence-electron chi connectivity index (χ2n) is 6.28. The van der Waals surface area contributed by atoms with Gasteiger partial charge in [-0.3, -0.25) is 14.9 Å². The molecule has 1 heterocycles. The maximum Gasteiger partial charge on any atom is 0.251 e. The lowest BCUT2D eigenvalue weighted by atomic mass is 10.1. The van der Waals surface area contributed by atoms with Crippen molar-refractivity contribution in [2.75, 3.05) is 5.32 Å². The van der Waals surface area contributed by atoms with E-state index in [9.17, 15) is 9.59 Å². The molecule has 0 aliphatic heterocycles. The van der Waals surface area contributed by atoms with Crippen molar-refractivity contribution in [3.05, 3.63) is 59.7 Å². The molecule has 26 heavy (non-hydrogen) atoms. The molecule has 1 unspecified atom stereocenters. The Bertz CT molecular complexity index is 899. The van der Waals surface area contributed by atoms with E-state index in [1.165, 1.54) is 0 Å². The number of aryl methyl sites for hydroxylation is 1. The van der Waals surface area contributed by atoms with Crippen LogP contribution in [0.3, 0.4) is 0 Å². The van der Waals surface area contributed by atoms with E-state index in [0.29, 0.717) is 17.9 Å². The minimum Gasteiger partial charge on any atom is -0.340 e. The number of carbonyl (C=O) groups is 2. The van der Waals surface area contributed by atoms with Crippen LogP contribution in [0.1, 0.15) is 35.7 Å². The summed E-state index contributed by atoms with van der Waals surface area (Å²) in [5, 5.41) is 5.59. The molecule has 2 amide bonds. The van der Waals surface area contributed by atoms with Gasteiger partial charge in [0, 0.05) is 5.56 Å². The molecule has 1 atom stereocenters. The molecule has 0 aliphatic rings. The number of aromatic nitrogens is 2. The summed E-state index contributed by atoms with van der Waals surface area (Å²) in [6, 6.07) is 14.2. The molecule has 6 heteroatoms. The summed E-state index contributed by atoms with van der Waals surface area (Å²) in [6.45, 7) is 3.90. The van der Waals surface area contributed by atoms with E-state index >= 15 is 0 Å². The Hall–Kier alpha value is -3.15. The zero-order valence-electron chi connectivity index (χ0n) is 14.9. The minimum absolute atomic E-state index is 0.257. The monoisotopic (exact) mass is 350 g/mol. The molecule has 3 N–H and O–H groups in total. The summed E-state index contributed by atoms with van der Waals surface area (Å²) >= 11 is 0. The fraction of sp³-hybridized carbons (Fsp3) is 0.250. The first kappa shape index (κ1) is 17.7. The van der Waals surface area contributed by atoms with Crippen LogP contribution in [0.4, 0.5) is 5.95 Å². The Labute approximate surface area is 152 Å². The quantitative estimate of drug-likeness (QED) is 0.637. The van der Waals surface area contributed by atoms with Crippen LogP contribution in [0.25, 0.3) is 11.0 Å². The lowest BCUT2D eigenvalue weighted by molar-refractivity contribution is -0.118. The first-order valence-electron chi connectivity index (χ1n) is 8.70. The molecular formula is C20H22N4O2. The first-order valence-corrected chi connectivity index (χ1v) is 8.70. The fourth-order valence-corrected chi connectivity index (χ4v) is 2.80. The van der Waals surface area contributed by atoms with Gasteiger partial charge < -0.3 is 10.3 Å². The van der Waals surface area contributed by atoms with Gasteiger partial charge in [-0.1, -0.05) is 43.2 Å². The third kappa shape index (κ3) is 4.08. The number of para-hydroxylation sites is 2. The number of hydrogen-bond donors (Lipinski definition) is 3. The van der Waals surface area contributed by atoms with Crippen molar-refractivity contribution in [3.8, 4) is 0 Å². The van der Waals surface area contributed by atoms with Gasteiger partial charge in [0.05, 0.1) is 11.0 Å². The second kappa shape index (κ2) is 7.82. The van der Waals surface area contributed by atoms with E-state index in [2.05, 4.69) is 20.6 Å². The summed E-state index contributed by atoms with van der Waals surface area (Å²) in [4.78, 5) is 32.5. The van der Waals surface area contributed by atoms with Gasteiger partial charge in [0.1, 0.15) is 6.04 Å². The van der Waals surface area contributed by atoms with E-state index in [-0.39, 0.29) is 11.8 Å². The van der Waals surface area contributed by atoms with Crippen molar-refractivity contribution < 1.29 is 9.59 Å². The maximum atomic E-state index is 12.6. The van der Waals surface area contributed by atoms with E-state index in [1.54, 1.807) is 12.1 Å². The highest BCUT2D eigenvalue weighted by molar-refractivity contribution is 6.01. The molecule has 0 fully saturated rings. The van der Waals surface area contributed by atoms with Crippen molar-refractivity contribution in [2.45, 2.75) is 32.7 Å². The number of amides is 2. The number of H-pyrrole nitrogens is 1. The average molecular weight is 350 g/mol. The Morgan fingerprint density at radius 3 is 2.69 bits per heavy atom. The third-order valence-corrected chi connectivity index (χ3v) is 4.11. The van der Waals surface area contributed by atoms with Gasteiger partial charge in [-0.05, 0) is 37.6 Å². The van der Waals surface area contributed by atoms with Gasteiger partial charge in [-0.25, -0.2) is 4.98 Å². The van der Waals surface area contributed by atoms with Crippen LogP contribution in [0.5, 0.6) is 0 Å². The Morgan fingerprint density at radius 2 is 1.96 bits per heavy atom. The third-order valence-electron chi connectivity index (χ3n) is 4.11. The lowest BCUT2D eigenvalue weighted by Crippen LogP contribution is -2.43. The normalized spacial score (nSPS) is 11.9. The van der Waals surface area contributed by atoms with Gasteiger partial charge in [0.2, 0.25) is 11.9 Å². The largest absolute Gasteiger partial charge is 0.340 e. The molecule has 0 radical (unpaired) electrons. The van der Waals surface area contributed by atoms with Crippen LogP contribution >= 0.6 is 0 Å². The predicted molar refractivity (Wildman–Crippen MR) is 102 cm³/mol. The molecule has 0 saturated carbocycles. The van der Waals surface area contributed by atoms with Crippen LogP contribution in [0.2, 0.25) is 0 Å². The molecule has 6 nitrogen and oxygen atoms in total. The standard InChI is InChI=1S/C20H22N4O2/c1-3-7-17(21-18(25)14-9-6-8-13(2)12-14)19(26)24-20-22-15-10-4-5-11-16(15)23-20/h4-6,8-12,17H,3,7H2,1-2H3,(H,21,25)(H2,22,23,24,26). The van der Waals surface area contributed by atoms with E-state index in [0.717, 1.165) is 23.0 Å². The molecule has 3 rings (SSSR count). The van der Waals surface area contributed by atoms with Crippen LogP contribution in [0.15, 0.2) is 48.5 Å². The van der Waals surface area contributed by atoms with Crippen LogP contribution in [0, 0.1) is 6.92 Å². The number of rotatable bonds is 6. The highest BCUT2D eigenvalue weighted by Crippen LogP contribution is 2.14. The number of nitrogens with one attached hydrogen (secondary N) is 3. The van der Waals surface area contributed by atoms with Crippen molar-refractivity contribution in [1.82, 2.24) is 15.3 Å². The molecule has 2 aromatic carbocycles. The second-order valence-corrected chi connectivity index (χ2v) is 6.28. The number of fused-ring (bicyclic) bond motifs is 1. The van der Waals surface area contributed by atoms with Gasteiger partial charge in [0.15, 0.2) is 0 Å². The highest BCUT2D eigenvalue weighted by atomic mass is 16.2. The van der Waals surface area contributed by atoms with Gasteiger partial charge in [0.25, 0.3) is 5.91 Å². The van der Waals surface area contributed by atoms with Crippen LogP contribution in [-0.4, -0.2) is 27.8 Å². The average Bonchev–Trinajstić information content (AvgIpc) is 3.03. The van der Waals surface area contributed by atoms with Gasteiger partial charge in [-0.15, -0.1) is 0 Å². The number of anilines is 1. The van der Waals surface area contributed by atoms with Crippen molar-refractivity contribution in [1.29, 1.82) is 0 Å². The van der Waals surface area contributed by atoms with Crippen molar-refractivity contribution in [2.24, 2.45) is 0 Å². The smallest absolute Gasteiger partial charge is 0.251 e. The Balaban J connectivity index is 1.71. The highest BCUT2D eigenvalue weighted by Gasteiger charge is 2.21. The number of carbonyl (C=O) groups excluding carboxylic acids is 2. The van der Waals surface area contributed by atoms with E-state index in [4.69, 9.17) is 0 Å². The summed E-state index contributed by atoms with van der Waals surface area (Å²) in [5.74, 6) is -0.166. The predicted octanol–water partition coefficient (Wildman–Crippen LogP) is 3.41. The van der Waals surface area contributed by atoms with E-state index in [1.807, 2.05) is 50.2 Å². The fourth-order valence-electron chi connectivity index (χ4n) is 2.80. The van der Waals surface area contributed by atoms with Gasteiger partial charge >= 0.3 is 0 Å². The summed E-state index contributed by atoms with van der Waals surface area (Å²) < 4.78 is 0.